The molecule has 0 fully saturated rings. The monoisotopic (exact) mass is 169 g/mol. The minimum atomic E-state index is 0.515. The Balaban J connectivity index is 2.90. The quantitative estimate of drug-likeness (QED) is 0.412. The lowest BCUT2D eigenvalue weighted by atomic mass is 10.2. The van der Waals surface area contributed by atoms with Gasteiger partial charge >= 0.3 is 6.47 Å². The molecular weight excluding hydrogens is 152 g/mol. The van der Waals surface area contributed by atoms with Gasteiger partial charge in [0.25, 0.3) is 0 Å². The van der Waals surface area contributed by atoms with Crippen LogP contribution in [0.25, 0.3) is 0 Å². The molecule has 0 atom stereocenters. The van der Waals surface area contributed by atoms with E-state index in [1.54, 1.807) is 0 Å². The normalized spacial score (nSPS) is 10.4. The molecule has 0 aromatic heterocycles. The number of carbonyl (C=O) groups excluding carboxylic acids is 1. The smallest absolute Gasteiger partial charge is 0.417 e. The van der Waals surface area contributed by atoms with Crippen LogP contribution in [-0.4, -0.2) is 13.1 Å². The van der Waals surface area contributed by atoms with Gasteiger partial charge in [0.15, 0.2) is 0 Å². The number of ether oxygens (including phenoxy) is 1. The third kappa shape index (κ3) is 9.21. The number of rotatable bonds is 8. The molecule has 0 aromatic rings. The Morgan fingerprint density at radius 3 is 2.75 bits per heavy atom. The molecule has 0 rings (SSSR count). The van der Waals surface area contributed by atoms with E-state index in [1.165, 1.54) is 12.9 Å². The number of hydrogen-bond donors (Lipinski definition) is 0. The molecule has 2 nitrogen and oxygen atoms in total. The average Bonchev–Trinajstić information content (AvgIpc) is 2.10. The first kappa shape index (κ1) is 11.2. The van der Waals surface area contributed by atoms with E-state index in [9.17, 15) is 4.79 Å². The van der Waals surface area contributed by atoms with Crippen LogP contribution in [0.15, 0.2) is 12.2 Å². The minimum absolute atomic E-state index is 0.515. The summed E-state index contributed by atoms with van der Waals surface area (Å²) in [6.45, 7) is 4.06. The Bertz CT molecular complexity index is 119. The predicted molar refractivity (Wildman–Crippen MR) is 49.5 cm³/mol. The van der Waals surface area contributed by atoms with Crippen molar-refractivity contribution in [3.05, 3.63) is 12.2 Å². The molecule has 0 bridgehead atoms. The molecule has 0 aliphatic heterocycles. The highest BCUT2D eigenvalue weighted by Crippen LogP contribution is 2.00. The second kappa shape index (κ2) is 10.2. The summed E-state index contributed by atoms with van der Waals surface area (Å²) in [5, 5.41) is 0. The standard InChI is InChI=1S/C10H17O2/c1-2-3-4-5-6-7-8-9-12-10-11/h3-4H,2,5-9H2,1H3/b4-3-. The number of hydrogen-bond acceptors (Lipinski definition) is 2. The van der Waals surface area contributed by atoms with Crippen LogP contribution >= 0.6 is 0 Å². The van der Waals surface area contributed by atoms with Gasteiger partial charge in [0.1, 0.15) is 0 Å². The molecule has 0 spiro atoms. The maximum atomic E-state index is 9.62. The van der Waals surface area contributed by atoms with Crippen LogP contribution in [0.4, 0.5) is 0 Å². The fourth-order valence-electron chi connectivity index (χ4n) is 0.939. The van der Waals surface area contributed by atoms with Crippen molar-refractivity contribution in [2.75, 3.05) is 6.61 Å². The molecule has 0 aliphatic rings. The molecule has 0 aromatic carbocycles. The van der Waals surface area contributed by atoms with Crippen LogP contribution in [0.5, 0.6) is 0 Å². The summed E-state index contributed by atoms with van der Waals surface area (Å²) in [6.07, 6.45) is 9.88. The average molecular weight is 169 g/mol. The molecule has 2 heteroatoms. The highest BCUT2D eigenvalue weighted by Gasteiger charge is 1.87. The van der Waals surface area contributed by atoms with Gasteiger partial charge in [-0.25, -0.2) is 4.79 Å². The number of unbranched alkanes of at least 4 members (excludes halogenated alkanes) is 3. The third-order valence-corrected chi connectivity index (χ3v) is 1.58. The summed E-state index contributed by atoms with van der Waals surface area (Å²) in [4.78, 5) is 9.62. The second-order valence-electron chi connectivity index (χ2n) is 2.66. The van der Waals surface area contributed by atoms with Gasteiger partial charge in [-0.2, -0.15) is 0 Å². The highest BCUT2D eigenvalue weighted by atomic mass is 16.5. The summed E-state index contributed by atoms with van der Waals surface area (Å²) in [5.41, 5.74) is 0. The van der Waals surface area contributed by atoms with Crippen LogP contribution in [0.3, 0.4) is 0 Å². The molecule has 12 heavy (non-hydrogen) atoms. The van der Waals surface area contributed by atoms with E-state index >= 15 is 0 Å². The molecule has 69 valence electrons. The lowest BCUT2D eigenvalue weighted by Crippen LogP contribution is -1.90. The van der Waals surface area contributed by atoms with Crippen molar-refractivity contribution in [1.82, 2.24) is 0 Å². The third-order valence-electron chi connectivity index (χ3n) is 1.58. The highest BCUT2D eigenvalue weighted by molar-refractivity contribution is 5.37. The molecular formula is C10H17O2. The van der Waals surface area contributed by atoms with Crippen LogP contribution in [0, 0.1) is 0 Å². The fourth-order valence-corrected chi connectivity index (χ4v) is 0.939. The Kier molecular flexibility index (Phi) is 9.54. The second-order valence-corrected chi connectivity index (χ2v) is 2.66. The van der Waals surface area contributed by atoms with Crippen LogP contribution < -0.4 is 0 Å². The molecule has 0 N–H and O–H groups in total. The van der Waals surface area contributed by atoms with Gasteiger partial charge < -0.3 is 4.74 Å². The molecule has 1 radical (unpaired) electrons. The van der Waals surface area contributed by atoms with E-state index in [0.29, 0.717) is 6.61 Å². The zero-order chi connectivity index (χ0) is 9.07. The summed E-state index contributed by atoms with van der Waals surface area (Å²) < 4.78 is 4.44. The van der Waals surface area contributed by atoms with Crippen molar-refractivity contribution in [3.63, 3.8) is 0 Å². The lowest BCUT2D eigenvalue weighted by Gasteiger charge is -1.96. The van der Waals surface area contributed by atoms with Gasteiger partial charge in [0.2, 0.25) is 0 Å². The Morgan fingerprint density at radius 2 is 2.08 bits per heavy atom. The van der Waals surface area contributed by atoms with E-state index in [-0.39, 0.29) is 0 Å². The summed E-state index contributed by atoms with van der Waals surface area (Å²) in [7, 11) is 0. The van der Waals surface area contributed by atoms with E-state index < -0.39 is 0 Å². The summed E-state index contributed by atoms with van der Waals surface area (Å²) in [5.74, 6) is 0. The zero-order valence-corrected chi connectivity index (χ0v) is 7.71. The van der Waals surface area contributed by atoms with Gasteiger partial charge in [-0.05, 0) is 32.1 Å². The van der Waals surface area contributed by atoms with Gasteiger partial charge in [0, 0.05) is 0 Å². The zero-order valence-electron chi connectivity index (χ0n) is 7.71. The van der Waals surface area contributed by atoms with E-state index in [4.69, 9.17) is 0 Å². The molecule has 0 saturated heterocycles. The minimum Gasteiger partial charge on any atom is -0.457 e. The predicted octanol–water partition coefficient (Wildman–Crippen LogP) is 2.60. The van der Waals surface area contributed by atoms with Gasteiger partial charge in [-0.1, -0.05) is 19.1 Å². The lowest BCUT2D eigenvalue weighted by molar-refractivity contribution is 0.269. The Hall–Kier alpha value is -0.790. The largest absolute Gasteiger partial charge is 0.457 e. The fraction of sp³-hybridized carbons (Fsp3) is 0.700. The van der Waals surface area contributed by atoms with E-state index in [1.807, 2.05) is 0 Å². The summed E-state index contributed by atoms with van der Waals surface area (Å²) in [6, 6.07) is 0. The van der Waals surface area contributed by atoms with Crippen LogP contribution in [0.2, 0.25) is 0 Å². The van der Waals surface area contributed by atoms with E-state index in [0.717, 1.165) is 25.7 Å². The van der Waals surface area contributed by atoms with Crippen LogP contribution in [0.1, 0.15) is 39.0 Å². The van der Waals surface area contributed by atoms with Crippen molar-refractivity contribution in [2.45, 2.75) is 39.0 Å². The molecule has 0 heterocycles. The maximum absolute atomic E-state index is 9.62. The first-order valence-corrected chi connectivity index (χ1v) is 4.55. The van der Waals surface area contributed by atoms with Crippen molar-refractivity contribution in [3.8, 4) is 0 Å². The molecule has 0 unspecified atom stereocenters. The van der Waals surface area contributed by atoms with Gasteiger partial charge in [-0.3, -0.25) is 0 Å². The van der Waals surface area contributed by atoms with Crippen molar-refractivity contribution >= 4 is 6.47 Å². The van der Waals surface area contributed by atoms with Crippen LogP contribution in [-0.2, 0) is 9.53 Å². The first-order chi connectivity index (χ1) is 5.91. The van der Waals surface area contributed by atoms with Crippen molar-refractivity contribution in [1.29, 1.82) is 0 Å². The van der Waals surface area contributed by atoms with Gasteiger partial charge in [0.05, 0.1) is 6.61 Å². The van der Waals surface area contributed by atoms with Gasteiger partial charge in [-0.15, -0.1) is 0 Å². The topological polar surface area (TPSA) is 26.3 Å². The van der Waals surface area contributed by atoms with E-state index in [2.05, 4.69) is 23.8 Å². The maximum Gasteiger partial charge on any atom is 0.417 e. The Morgan fingerprint density at radius 1 is 1.25 bits per heavy atom. The SMILES string of the molecule is CC/C=C\CCCCCO[C]=O. The van der Waals surface area contributed by atoms with Crippen molar-refractivity contribution in [2.24, 2.45) is 0 Å². The molecule has 0 saturated carbocycles. The van der Waals surface area contributed by atoms with Crippen molar-refractivity contribution < 1.29 is 9.53 Å². The molecule has 0 aliphatic carbocycles. The first-order valence-electron chi connectivity index (χ1n) is 4.55. The summed E-state index contributed by atoms with van der Waals surface area (Å²) >= 11 is 0. The number of allylic oxidation sites excluding steroid dienone is 2. The molecule has 0 amide bonds. The Labute approximate surface area is 74.6 Å².